The number of hydrogen-bond acceptors (Lipinski definition) is 6. The van der Waals surface area contributed by atoms with Crippen LogP contribution < -0.4 is 4.74 Å². The standard InChI is InChI=1S/C18H21NO6S2/c1-5-6-11-24-13-7-9-14(10-8-13)27(22,23)19-12-18(4,16(20)21)25-17(2,3)15(19)26/h7-10H,11-12H2,1-4H3,(H,20,21). The van der Waals surface area contributed by atoms with E-state index >= 15 is 0 Å². The van der Waals surface area contributed by atoms with Gasteiger partial charge in [-0.05, 0) is 52.0 Å². The molecule has 0 bridgehead atoms. The van der Waals surface area contributed by atoms with E-state index in [2.05, 4.69) is 11.8 Å². The fourth-order valence-corrected chi connectivity index (χ4v) is 4.61. The lowest BCUT2D eigenvalue weighted by Crippen LogP contribution is -2.65. The molecule has 2 rings (SSSR count). The van der Waals surface area contributed by atoms with E-state index in [-0.39, 0.29) is 16.5 Å². The predicted octanol–water partition coefficient (Wildman–Crippen LogP) is 2.06. The number of nitrogens with zero attached hydrogens (tertiary/aromatic N) is 1. The molecule has 1 aliphatic rings. The quantitative estimate of drug-likeness (QED) is 0.585. The van der Waals surface area contributed by atoms with Crippen molar-refractivity contribution in [3.8, 4) is 17.6 Å². The van der Waals surface area contributed by atoms with Gasteiger partial charge < -0.3 is 14.6 Å². The van der Waals surface area contributed by atoms with Gasteiger partial charge in [0.25, 0.3) is 10.0 Å². The van der Waals surface area contributed by atoms with Crippen LogP contribution in [0.3, 0.4) is 0 Å². The second kappa shape index (κ2) is 7.46. The number of sulfonamides is 1. The number of carboxylic acid groups (broad SMARTS) is 1. The van der Waals surface area contributed by atoms with Crippen molar-refractivity contribution in [2.75, 3.05) is 13.2 Å². The first kappa shape index (κ1) is 21.2. The summed E-state index contributed by atoms with van der Waals surface area (Å²) < 4.78 is 38.1. The van der Waals surface area contributed by atoms with Gasteiger partial charge in [-0.3, -0.25) is 4.31 Å². The summed E-state index contributed by atoms with van der Waals surface area (Å²) in [6.45, 7) is 5.89. The van der Waals surface area contributed by atoms with Crippen molar-refractivity contribution in [1.82, 2.24) is 4.31 Å². The number of hydrogen-bond donors (Lipinski definition) is 1. The minimum Gasteiger partial charge on any atom is -0.481 e. The van der Waals surface area contributed by atoms with Crippen molar-refractivity contribution >= 4 is 33.2 Å². The normalized spacial score (nSPS) is 21.9. The Morgan fingerprint density at radius 1 is 1.33 bits per heavy atom. The van der Waals surface area contributed by atoms with Crippen LogP contribution in [0.4, 0.5) is 0 Å². The summed E-state index contributed by atoms with van der Waals surface area (Å²) >= 11 is 5.29. The molecule has 1 aromatic rings. The first-order chi connectivity index (χ1) is 12.4. The largest absolute Gasteiger partial charge is 0.481 e. The molecule has 1 unspecified atom stereocenters. The van der Waals surface area contributed by atoms with Crippen molar-refractivity contribution in [3.63, 3.8) is 0 Å². The van der Waals surface area contributed by atoms with Gasteiger partial charge in [-0.2, -0.15) is 0 Å². The molecule has 1 aromatic carbocycles. The van der Waals surface area contributed by atoms with Crippen LogP contribution >= 0.6 is 12.2 Å². The third kappa shape index (κ3) is 4.24. The van der Waals surface area contributed by atoms with Crippen molar-refractivity contribution in [1.29, 1.82) is 0 Å². The highest BCUT2D eigenvalue weighted by molar-refractivity contribution is 7.91. The predicted molar refractivity (Wildman–Crippen MR) is 103 cm³/mol. The van der Waals surface area contributed by atoms with E-state index in [9.17, 15) is 18.3 Å². The molecule has 1 fully saturated rings. The van der Waals surface area contributed by atoms with Crippen molar-refractivity contribution in [3.05, 3.63) is 24.3 Å². The molecule has 146 valence electrons. The molecule has 0 aromatic heterocycles. The maximum Gasteiger partial charge on any atom is 0.337 e. The minimum absolute atomic E-state index is 0.000211. The molecule has 1 aliphatic heterocycles. The van der Waals surface area contributed by atoms with E-state index in [1.165, 1.54) is 31.2 Å². The first-order valence-corrected chi connectivity index (χ1v) is 9.92. The topological polar surface area (TPSA) is 93.1 Å². The zero-order valence-corrected chi connectivity index (χ0v) is 17.1. The molecule has 0 saturated carbocycles. The van der Waals surface area contributed by atoms with Crippen LogP contribution in [0.1, 0.15) is 27.7 Å². The van der Waals surface area contributed by atoms with Crippen LogP contribution in [0, 0.1) is 11.8 Å². The van der Waals surface area contributed by atoms with Crippen LogP contribution in [-0.4, -0.2) is 53.1 Å². The highest BCUT2D eigenvalue weighted by atomic mass is 32.2. The van der Waals surface area contributed by atoms with Gasteiger partial charge in [-0.15, -0.1) is 5.92 Å². The van der Waals surface area contributed by atoms with E-state index in [0.29, 0.717) is 5.75 Å². The monoisotopic (exact) mass is 411 g/mol. The maximum atomic E-state index is 13.1. The molecule has 0 spiro atoms. The number of carbonyl (C=O) groups is 1. The smallest absolute Gasteiger partial charge is 0.337 e. The molecule has 0 aliphatic carbocycles. The molecule has 1 saturated heterocycles. The molecule has 0 radical (unpaired) electrons. The Kier molecular flexibility index (Phi) is 5.85. The third-order valence-corrected chi connectivity index (χ3v) is 6.61. The summed E-state index contributed by atoms with van der Waals surface area (Å²) in [6.07, 6.45) is 0. The van der Waals surface area contributed by atoms with Gasteiger partial charge >= 0.3 is 5.97 Å². The lowest BCUT2D eigenvalue weighted by Gasteiger charge is -2.46. The number of morpholine rings is 1. The highest BCUT2D eigenvalue weighted by Crippen LogP contribution is 2.34. The fraction of sp³-hybridized carbons (Fsp3) is 0.444. The van der Waals surface area contributed by atoms with Gasteiger partial charge in [0, 0.05) is 0 Å². The summed E-state index contributed by atoms with van der Waals surface area (Å²) in [5.41, 5.74) is -2.96. The molecule has 27 heavy (non-hydrogen) atoms. The van der Waals surface area contributed by atoms with Gasteiger partial charge in [0.05, 0.1) is 11.4 Å². The van der Waals surface area contributed by atoms with Gasteiger partial charge in [-0.25, -0.2) is 13.2 Å². The lowest BCUT2D eigenvalue weighted by atomic mass is 9.99. The van der Waals surface area contributed by atoms with Gasteiger partial charge in [0.1, 0.15) is 22.9 Å². The Morgan fingerprint density at radius 2 is 1.93 bits per heavy atom. The van der Waals surface area contributed by atoms with Gasteiger partial charge in [0.15, 0.2) is 5.60 Å². The average Bonchev–Trinajstić information content (AvgIpc) is 2.58. The number of rotatable bonds is 5. The molecule has 1 atom stereocenters. The fourth-order valence-electron chi connectivity index (χ4n) is 2.62. The molecular formula is C18H21NO6S2. The molecule has 1 heterocycles. The molecule has 9 heteroatoms. The molecule has 0 amide bonds. The number of thiocarbonyl (C=S) groups is 1. The van der Waals surface area contributed by atoms with Crippen LogP contribution in [0.25, 0.3) is 0 Å². The SMILES string of the molecule is CC#CCOc1ccc(S(=O)(=O)N2CC(C)(C(=O)O)OC(C)(C)C2=S)cc1. The van der Waals surface area contributed by atoms with Gasteiger partial charge in [0.2, 0.25) is 0 Å². The van der Waals surface area contributed by atoms with E-state index in [1.807, 2.05) is 0 Å². The highest BCUT2D eigenvalue weighted by Gasteiger charge is 2.52. The Balaban J connectivity index is 2.37. The second-order valence-electron chi connectivity index (χ2n) is 6.65. The van der Waals surface area contributed by atoms with Crippen molar-refractivity contribution in [2.24, 2.45) is 0 Å². The van der Waals surface area contributed by atoms with Crippen molar-refractivity contribution in [2.45, 2.75) is 43.8 Å². The number of ether oxygens (including phenoxy) is 2. The summed E-state index contributed by atoms with van der Waals surface area (Å²) in [7, 11) is -4.06. The van der Waals surface area contributed by atoms with Crippen molar-refractivity contribution < 1.29 is 27.8 Å². The second-order valence-corrected chi connectivity index (χ2v) is 8.90. The number of carboxylic acids is 1. The average molecular weight is 412 g/mol. The van der Waals surface area contributed by atoms with E-state index < -0.39 is 33.7 Å². The number of aliphatic carboxylic acids is 1. The Bertz CT molecular complexity index is 911. The molecular weight excluding hydrogens is 390 g/mol. The zero-order chi connectivity index (χ0) is 20.5. The Hall–Kier alpha value is -2.15. The molecule has 7 nitrogen and oxygen atoms in total. The summed E-state index contributed by atoms with van der Waals surface area (Å²) in [5, 5.41) is 9.49. The Morgan fingerprint density at radius 3 is 2.44 bits per heavy atom. The minimum atomic E-state index is -4.06. The number of benzene rings is 1. The van der Waals surface area contributed by atoms with Crippen LogP contribution in [-0.2, 0) is 19.6 Å². The maximum absolute atomic E-state index is 13.1. The van der Waals surface area contributed by atoms with Crippen LogP contribution in [0.5, 0.6) is 5.75 Å². The molecule has 1 N–H and O–H groups in total. The van der Waals surface area contributed by atoms with E-state index in [0.717, 1.165) is 4.31 Å². The summed E-state index contributed by atoms with van der Waals surface area (Å²) in [5.74, 6) is 4.64. The van der Waals surface area contributed by atoms with Crippen LogP contribution in [0.2, 0.25) is 0 Å². The summed E-state index contributed by atoms with van der Waals surface area (Å²) in [6, 6.07) is 5.78. The first-order valence-electron chi connectivity index (χ1n) is 8.07. The lowest BCUT2D eigenvalue weighted by molar-refractivity contribution is -0.180. The van der Waals surface area contributed by atoms with Crippen LogP contribution in [0.15, 0.2) is 29.2 Å². The Labute approximate surface area is 164 Å². The van der Waals surface area contributed by atoms with Gasteiger partial charge in [-0.1, -0.05) is 18.1 Å². The van der Waals surface area contributed by atoms with E-state index in [4.69, 9.17) is 21.7 Å². The zero-order valence-electron chi connectivity index (χ0n) is 15.5. The summed E-state index contributed by atoms with van der Waals surface area (Å²) in [4.78, 5) is 11.6. The third-order valence-electron chi connectivity index (χ3n) is 4.02. The van der Waals surface area contributed by atoms with E-state index in [1.54, 1.807) is 20.8 Å².